The molecule has 0 aliphatic carbocycles. The lowest BCUT2D eigenvalue weighted by atomic mass is 10.0. The van der Waals surface area contributed by atoms with Gasteiger partial charge in [-0.15, -0.1) is 0 Å². The topological polar surface area (TPSA) is 45.6 Å². The van der Waals surface area contributed by atoms with E-state index in [1.807, 2.05) is 0 Å². The molecule has 25 heavy (non-hydrogen) atoms. The van der Waals surface area contributed by atoms with E-state index in [4.69, 9.17) is 11.6 Å². The van der Waals surface area contributed by atoms with E-state index in [0.29, 0.717) is 34.1 Å². The molecule has 0 spiro atoms. The monoisotopic (exact) mass is 351 g/mol. The third-order valence-electron chi connectivity index (χ3n) is 4.09. The van der Waals surface area contributed by atoms with E-state index in [9.17, 15) is 9.18 Å². The summed E-state index contributed by atoms with van der Waals surface area (Å²) in [7, 11) is 0. The number of pyridine rings is 1. The molecule has 2 aliphatic rings. The van der Waals surface area contributed by atoms with Crippen molar-refractivity contribution in [2.75, 3.05) is 6.54 Å². The lowest BCUT2D eigenvalue weighted by Crippen LogP contribution is -2.25. The van der Waals surface area contributed by atoms with E-state index >= 15 is 0 Å². The molecule has 1 aromatic carbocycles. The number of hydrogen-bond acceptors (Lipinski definition) is 3. The first-order valence-electron chi connectivity index (χ1n) is 7.58. The van der Waals surface area contributed by atoms with Gasteiger partial charge in [-0.2, -0.15) is 0 Å². The number of aromatic nitrogens is 1. The second-order valence-electron chi connectivity index (χ2n) is 5.69. The SMILES string of the molecule is O=C1C2=C=C=CN=C2CN1Cc1ccc(-c2ccc(Cl)nc2)cc1F. The molecule has 4 rings (SSSR count). The second-order valence-corrected chi connectivity index (χ2v) is 6.07. The average molecular weight is 352 g/mol. The molecule has 0 unspecified atom stereocenters. The Morgan fingerprint density at radius 1 is 1.24 bits per heavy atom. The van der Waals surface area contributed by atoms with Crippen LogP contribution in [0.25, 0.3) is 11.1 Å². The third-order valence-corrected chi connectivity index (χ3v) is 4.31. The molecule has 0 radical (unpaired) electrons. The zero-order chi connectivity index (χ0) is 17.4. The standard InChI is InChI=1S/C19H11ClFN3O/c20-18-6-5-13(9-23-18)12-3-4-14(16(21)8-12)10-24-11-17-15(19(24)25)2-1-7-22-17/h3-9H,10-11H2. The Morgan fingerprint density at radius 3 is 2.80 bits per heavy atom. The van der Waals surface area contributed by atoms with Gasteiger partial charge in [0, 0.05) is 23.9 Å². The van der Waals surface area contributed by atoms with E-state index in [1.165, 1.54) is 12.3 Å². The van der Waals surface area contributed by atoms with Crippen molar-refractivity contribution in [3.05, 3.63) is 76.3 Å². The van der Waals surface area contributed by atoms with Crippen LogP contribution in [0.5, 0.6) is 0 Å². The van der Waals surface area contributed by atoms with Crippen LogP contribution in [0.4, 0.5) is 4.39 Å². The second kappa shape index (κ2) is 6.15. The van der Waals surface area contributed by atoms with Gasteiger partial charge in [-0.1, -0.05) is 29.5 Å². The molecule has 1 amide bonds. The number of nitrogens with zero attached hydrogens (tertiary/aromatic N) is 3. The van der Waals surface area contributed by atoms with Crippen LogP contribution in [-0.4, -0.2) is 28.0 Å². The zero-order valence-corrected chi connectivity index (χ0v) is 13.7. The quantitative estimate of drug-likeness (QED) is 0.627. The van der Waals surface area contributed by atoms with Crippen molar-refractivity contribution < 1.29 is 9.18 Å². The highest BCUT2D eigenvalue weighted by Crippen LogP contribution is 2.25. The van der Waals surface area contributed by atoms with Crippen molar-refractivity contribution in [3.63, 3.8) is 0 Å². The van der Waals surface area contributed by atoms with Crippen LogP contribution in [0.15, 0.2) is 64.8 Å². The zero-order valence-electron chi connectivity index (χ0n) is 13.0. The summed E-state index contributed by atoms with van der Waals surface area (Å²) in [4.78, 5) is 22.0. The van der Waals surface area contributed by atoms with E-state index in [-0.39, 0.29) is 18.3 Å². The molecule has 6 heteroatoms. The molecule has 4 nitrogen and oxygen atoms in total. The summed E-state index contributed by atoms with van der Waals surface area (Å²) in [5.41, 5.74) is 8.42. The van der Waals surface area contributed by atoms with E-state index in [2.05, 4.69) is 21.4 Å². The van der Waals surface area contributed by atoms with Crippen molar-refractivity contribution in [2.24, 2.45) is 4.99 Å². The van der Waals surface area contributed by atoms with Crippen molar-refractivity contribution in [2.45, 2.75) is 6.54 Å². The number of likely N-dealkylation sites (tertiary alicyclic amines) is 1. The van der Waals surface area contributed by atoms with Gasteiger partial charge in [0.25, 0.3) is 5.91 Å². The van der Waals surface area contributed by atoms with Gasteiger partial charge < -0.3 is 4.90 Å². The van der Waals surface area contributed by atoms with Crippen molar-refractivity contribution in [1.82, 2.24) is 9.88 Å². The maximum Gasteiger partial charge on any atom is 0.264 e. The number of fused-ring (bicyclic) bond motifs is 1. The fraction of sp³-hybridized carbons (Fsp3) is 0.105. The lowest BCUT2D eigenvalue weighted by molar-refractivity contribution is -0.125. The maximum atomic E-state index is 14.5. The van der Waals surface area contributed by atoms with Crippen LogP contribution in [0, 0.1) is 5.82 Å². The number of carbonyl (C=O) groups excluding carboxylic acids is 1. The molecule has 0 saturated carbocycles. The Hall–Kier alpha value is -2.97. The van der Waals surface area contributed by atoms with Gasteiger partial charge in [0.05, 0.1) is 18.5 Å². The van der Waals surface area contributed by atoms with Gasteiger partial charge in [-0.25, -0.2) is 14.4 Å². The van der Waals surface area contributed by atoms with Crippen molar-refractivity contribution in [1.29, 1.82) is 0 Å². The van der Waals surface area contributed by atoms with Crippen LogP contribution < -0.4 is 0 Å². The van der Waals surface area contributed by atoms with Crippen LogP contribution in [0.1, 0.15) is 5.56 Å². The first kappa shape index (κ1) is 15.6. The average Bonchev–Trinajstić information content (AvgIpc) is 2.94. The molecular weight excluding hydrogens is 341 g/mol. The van der Waals surface area contributed by atoms with Crippen molar-refractivity contribution in [3.8, 4) is 11.1 Å². The van der Waals surface area contributed by atoms with Gasteiger partial charge in [0.1, 0.15) is 16.5 Å². The predicted molar refractivity (Wildman–Crippen MR) is 92.6 cm³/mol. The molecule has 2 aliphatic heterocycles. The number of aliphatic imine (C=N–C) groups is 1. The number of benzene rings is 1. The number of carbonyl (C=O) groups is 1. The molecule has 0 atom stereocenters. The number of hydrogen-bond donors (Lipinski definition) is 0. The highest BCUT2D eigenvalue weighted by molar-refractivity contribution is 6.29. The highest BCUT2D eigenvalue weighted by Gasteiger charge is 2.32. The maximum absolute atomic E-state index is 14.5. The molecule has 0 N–H and O–H groups in total. The minimum atomic E-state index is -0.375. The van der Waals surface area contributed by atoms with Gasteiger partial charge in [0.15, 0.2) is 0 Å². The summed E-state index contributed by atoms with van der Waals surface area (Å²) in [5, 5.41) is 0.385. The van der Waals surface area contributed by atoms with E-state index in [1.54, 1.807) is 35.4 Å². The molecule has 2 aromatic rings. The minimum Gasteiger partial charge on any atom is -0.328 e. The Labute approximate surface area is 148 Å². The lowest BCUT2D eigenvalue weighted by Gasteiger charge is -2.15. The van der Waals surface area contributed by atoms with E-state index < -0.39 is 0 Å². The van der Waals surface area contributed by atoms with Crippen LogP contribution in [-0.2, 0) is 11.3 Å². The third kappa shape index (κ3) is 2.92. The van der Waals surface area contributed by atoms with Crippen LogP contribution in [0.3, 0.4) is 0 Å². The summed E-state index contributed by atoms with van der Waals surface area (Å²) in [5.74, 6) is -0.579. The summed E-state index contributed by atoms with van der Waals surface area (Å²) in [6.07, 6.45) is 3.07. The van der Waals surface area contributed by atoms with Gasteiger partial charge in [0.2, 0.25) is 0 Å². The minimum absolute atomic E-state index is 0.175. The molecule has 0 bridgehead atoms. The fourth-order valence-electron chi connectivity index (χ4n) is 2.79. The highest BCUT2D eigenvalue weighted by atomic mass is 35.5. The summed E-state index contributed by atoms with van der Waals surface area (Å²) < 4.78 is 14.5. The summed E-state index contributed by atoms with van der Waals surface area (Å²) in [6, 6.07) is 8.35. The molecule has 3 heterocycles. The van der Waals surface area contributed by atoms with E-state index in [0.717, 1.165) is 5.56 Å². The van der Waals surface area contributed by atoms with Gasteiger partial charge in [-0.05, 0) is 29.5 Å². The van der Waals surface area contributed by atoms with Crippen LogP contribution >= 0.6 is 11.6 Å². The summed E-state index contributed by atoms with van der Waals surface area (Å²) in [6.45, 7) is 0.523. The van der Waals surface area contributed by atoms with Crippen LogP contribution in [0.2, 0.25) is 5.15 Å². The molecule has 1 saturated heterocycles. The van der Waals surface area contributed by atoms with Crippen molar-refractivity contribution >= 4 is 23.2 Å². The molecule has 1 aromatic heterocycles. The number of amides is 1. The Morgan fingerprint density at radius 2 is 2.08 bits per heavy atom. The molecular formula is C19H11ClFN3O. The fourth-order valence-corrected chi connectivity index (χ4v) is 2.91. The summed E-state index contributed by atoms with van der Waals surface area (Å²) >= 11 is 5.77. The Bertz CT molecular complexity index is 1010. The first-order chi connectivity index (χ1) is 12.1. The number of halogens is 2. The smallest absolute Gasteiger partial charge is 0.264 e. The largest absolute Gasteiger partial charge is 0.328 e. The Kier molecular flexibility index (Phi) is 3.83. The molecule has 122 valence electrons. The predicted octanol–water partition coefficient (Wildman–Crippen LogP) is 3.53. The first-order valence-corrected chi connectivity index (χ1v) is 7.96. The van der Waals surface area contributed by atoms with Gasteiger partial charge in [-0.3, -0.25) is 4.79 Å². The Balaban J connectivity index is 1.57. The van der Waals surface area contributed by atoms with Gasteiger partial charge >= 0.3 is 0 Å². The molecule has 1 fully saturated rings. The number of rotatable bonds is 3. The normalized spacial score (nSPS) is 15.3.